The van der Waals surface area contributed by atoms with E-state index in [0.717, 1.165) is 5.69 Å². The Morgan fingerprint density at radius 3 is 1.03 bits per heavy atom. The lowest BCUT2D eigenvalue weighted by atomic mass is 10.0. The maximum Gasteiger partial charge on any atom is 0.0428 e. The summed E-state index contributed by atoms with van der Waals surface area (Å²) in [6.45, 7) is 17.4. The highest BCUT2D eigenvalue weighted by Gasteiger charge is 1.96. The van der Waals surface area contributed by atoms with Gasteiger partial charge in [-0.3, -0.25) is 9.97 Å². The van der Waals surface area contributed by atoms with Gasteiger partial charge in [0, 0.05) is 24.3 Å². The highest BCUT2D eigenvalue weighted by atomic mass is 14.7. The van der Waals surface area contributed by atoms with Crippen molar-refractivity contribution in [2.45, 2.75) is 79.1 Å². The number of hydrogen-bond acceptors (Lipinski definition) is 2. The van der Waals surface area contributed by atoms with Crippen LogP contribution in [0, 0.1) is 0 Å². The summed E-state index contributed by atoms with van der Waals surface area (Å²) in [5, 5.41) is 0. The van der Waals surface area contributed by atoms with Crippen LogP contribution < -0.4 is 0 Å². The van der Waals surface area contributed by atoms with Crippen LogP contribution in [-0.4, -0.2) is 9.97 Å². The lowest BCUT2D eigenvalue weighted by Gasteiger charge is -2.01. The van der Waals surface area contributed by atoms with Crippen molar-refractivity contribution in [2.24, 2.45) is 0 Å². The zero-order chi connectivity index (χ0) is 26.8. The zero-order valence-electron chi connectivity index (χ0n) is 23.6. The Morgan fingerprint density at radius 1 is 0.389 bits per heavy atom. The highest BCUT2D eigenvalue weighted by Crippen LogP contribution is 2.13. The number of aromatic nitrogens is 2. The van der Waals surface area contributed by atoms with E-state index in [9.17, 15) is 0 Å². The SMILES string of the molecule is CC(C)c1ccccc1.CC(C)c1ccccc1.CC(C)c1ccccn1.CC(C)c1ccncc1. The number of benzene rings is 2. The van der Waals surface area contributed by atoms with Crippen LogP contribution in [-0.2, 0) is 0 Å². The van der Waals surface area contributed by atoms with Gasteiger partial charge in [0.1, 0.15) is 0 Å². The fraction of sp³-hybridized carbons (Fsp3) is 0.353. The minimum Gasteiger partial charge on any atom is -0.265 e. The molecule has 2 heteroatoms. The van der Waals surface area contributed by atoms with Gasteiger partial charge in [0.2, 0.25) is 0 Å². The minimum atomic E-state index is 0.547. The first kappa shape index (κ1) is 30.8. The normalized spacial score (nSPS) is 10.1. The van der Waals surface area contributed by atoms with Crippen LogP contribution in [0.25, 0.3) is 0 Å². The van der Waals surface area contributed by atoms with Gasteiger partial charge in [-0.15, -0.1) is 0 Å². The second kappa shape index (κ2) is 18.1. The highest BCUT2D eigenvalue weighted by molar-refractivity contribution is 5.18. The van der Waals surface area contributed by atoms with Crippen LogP contribution in [0.5, 0.6) is 0 Å². The molecule has 0 aliphatic rings. The van der Waals surface area contributed by atoms with Crippen LogP contribution in [0.1, 0.15) is 101 Å². The van der Waals surface area contributed by atoms with Crippen molar-refractivity contribution in [1.29, 1.82) is 0 Å². The van der Waals surface area contributed by atoms with Gasteiger partial charge in [-0.2, -0.15) is 0 Å². The molecule has 4 rings (SSSR count). The zero-order valence-corrected chi connectivity index (χ0v) is 23.6. The molecule has 0 fully saturated rings. The van der Waals surface area contributed by atoms with E-state index in [1.165, 1.54) is 16.7 Å². The predicted molar refractivity (Wildman–Crippen MR) is 158 cm³/mol. The van der Waals surface area contributed by atoms with Crippen molar-refractivity contribution in [3.8, 4) is 0 Å². The fourth-order valence-electron chi connectivity index (χ4n) is 3.14. The van der Waals surface area contributed by atoms with Crippen molar-refractivity contribution in [3.63, 3.8) is 0 Å². The second-order valence-electron chi connectivity index (χ2n) is 9.98. The number of hydrogen-bond donors (Lipinski definition) is 0. The van der Waals surface area contributed by atoms with Gasteiger partial charge >= 0.3 is 0 Å². The Labute approximate surface area is 220 Å². The van der Waals surface area contributed by atoms with Gasteiger partial charge in [-0.1, -0.05) is 122 Å². The third kappa shape index (κ3) is 13.6. The van der Waals surface area contributed by atoms with E-state index in [2.05, 4.69) is 114 Å². The number of pyridine rings is 2. The third-order valence-electron chi connectivity index (χ3n) is 5.58. The van der Waals surface area contributed by atoms with Crippen LogP contribution in [0.2, 0.25) is 0 Å². The standard InChI is InChI=1S/2C9H12.2C8H11N/c2*1-8(2)9-6-4-3-5-7-9;1-7(2)8-3-5-9-6-4-8;1-7(2)8-5-3-4-6-9-8/h2*3-8H,1-2H3;2*3-7H,1-2H3. The predicted octanol–water partition coefficient (Wildman–Crippen LogP) is 10.0. The first-order valence-corrected chi connectivity index (χ1v) is 13.1. The molecule has 0 N–H and O–H groups in total. The average Bonchev–Trinajstić information content (AvgIpc) is 2.92. The Bertz CT molecular complexity index is 836. The summed E-state index contributed by atoms with van der Waals surface area (Å²) in [6.07, 6.45) is 5.49. The summed E-state index contributed by atoms with van der Waals surface area (Å²) in [5.41, 5.74) is 5.34. The van der Waals surface area contributed by atoms with Gasteiger partial charge in [-0.05, 0) is 64.6 Å². The van der Waals surface area contributed by atoms with E-state index in [0.29, 0.717) is 23.7 Å². The number of rotatable bonds is 4. The molecule has 0 atom stereocenters. The molecule has 2 aromatic heterocycles. The third-order valence-corrected chi connectivity index (χ3v) is 5.58. The van der Waals surface area contributed by atoms with Crippen LogP contribution in [0.3, 0.4) is 0 Å². The molecule has 2 nitrogen and oxygen atoms in total. The lowest BCUT2D eigenvalue weighted by molar-refractivity contribution is 0.823. The van der Waals surface area contributed by atoms with Gasteiger partial charge < -0.3 is 0 Å². The summed E-state index contributed by atoms with van der Waals surface area (Å²) < 4.78 is 0. The molecule has 0 spiro atoms. The molecule has 0 radical (unpaired) electrons. The minimum absolute atomic E-state index is 0.547. The van der Waals surface area contributed by atoms with E-state index in [1.807, 2.05) is 61.1 Å². The summed E-state index contributed by atoms with van der Waals surface area (Å²) in [5.74, 6) is 2.48. The molecule has 36 heavy (non-hydrogen) atoms. The smallest absolute Gasteiger partial charge is 0.0428 e. The summed E-state index contributed by atoms with van der Waals surface area (Å²) in [7, 11) is 0. The van der Waals surface area contributed by atoms with E-state index in [-0.39, 0.29) is 0 Å². The molecule has 2 heterocycles. The lowest BCUT2D eigenvalue weighted by Crippen LogP contribution is -1.88. The first-order chi connectivity index (χ1) is 17.2. The Hall–Kier alpha value is -3.26. The van der Waals surface area contributed by atoms with Crippen LogP contribution in [0.4, 0.5) is 0 Å². The van der Waals surface area contributed by atoms with Gasteiger partial charge in [0.15, 0.2) is 0 Å². The molecule has 2 aromatic carbocycles. The van der Waals surface area contributed by atoms with Gasteiger partial charge in [0.05, 0.1) is 0 Å². The second-order valence-corrected chi connectivity index (χ2v) is 9.98. The van der Waals surface area contributed by atoms with Gasteiger partial charge in [-0.25, -0.2) is 0 Å². The molecule has 192 valence electrons. The molecule has 0 saturated carbocycles. The van der Waals surface area contributed by atoms with Crippen LogP contribution >= 0.6 is 0 Å². The van der Waals surface area contributed by atoms with Crippen molar-refractivity contribution in [1.82, 2.24) is 9.97 Å². The maximum absolute atomic E-state index is 4.18. The Balaban J connectivity index is 0.000000240. The molecule has 0 unspecified atom stereocenters. The Kier molecular flexibility index (Phi) is 15.4. The molecular weight excluding hydrogens is 436 g/mol. The molecule has 0 saturated heterocycles. The largest absolute Gasteiger partial charge is 0.265 e. The van der Waals surface area contributed by atoms with E-state index in [1.54, 1.807) is 0 Å². The van der Waals surface area contributed by atoms with Crippen LogP contribution in [0.15, 0.2) is 110 Å². The van der Waals surface area contributed by atoms with Gasteiger partial charge in [0.25, 0.3) is 0 Å². The first-order valence-electron chi connectivity index (χ1n) is 13.1. The summed E-state index contributed by atoms with van der Waals surface area (Å²) in [6, 6.07) is 31.1. The Morgan fingerprint density at radius 2 is 0.778 bits per heavy atom. The summed E-state index contributed by atoms with van der Waals surface area (Å²) >= 11 is 0. The monoisotopic (exact) mass is 482 g/mol. The fourth-order valence-corrected chi connectivity index (χ4v) is 3.14. The number of nitrogens with zero attached hydrogens (tertiary/aromatic N) is 2. The average molecular weight is 483 g/mol. The van der Waals surface area contributed by atoms with E-state index < -0.39 is 0 Å². The molecular formula is C34H46N2. The van der Waals surface area contributed by atoms with E-state index >= 15 is 0 Å². The van der Waals surface area contributed by atoms with Crippen molar-refractivity contribution >= 4 is 0 Å². The van der Waals surface area contributed by atoms with Crippen molar-refractivity contribution < 1.29 is 0 Å². The van der Waals surface area contributed by atoms with Crippen molar-refractivity contribution in [2.75, 3.05) is 0 Å². The van der Waals surface area contributed by atoms with E-state index in [4.69, 9.17) is 0 Å². The summed E-state index contributed by atoms with van der Waals surface area (Å²) in [4.78, 5) is 8.11. The quantitative estimate of drug-likeness (QED) is 0.289. The topological polar surface area (TPSA) is 25.8 Å². The molecule has 0 aliphatic heterocycles. The molecule has 0 aliphatic carbocycles. The molecule has 0 bridgehead atoms. The maximum atomic E-state index is 4.18. The molecule has 4 aromatic rings. The molecule has 0 amide bonds. The van der Waals surface area contributed by atoms with Crippen molar-refractivity contribution in [3.05, 3.63) is 132 Å².